The molecule has 0 aliphatic carbocycles. The van der Waals surface area contributed by atoms with Crippen molar-refractivity contribution in [1.82, 2.24) is 0 Å². The van der Waals surface area contributed by atoms with E-state index in [9.17, 15) is 5.11 Å². The Morgan fingerprint density at radius 3 is 2.44 bits per heavy atom. The summed E-state index contributed by atoms with van der Waals surface area (Å²) in [5, 5.41) is 23.1. The number of benzene rings is 3. The zero-order chi connectivity index (χ0) is 27.9. The molecule has 0 fully saturated rings. The number of nitrogens with zero attached hydrogens (tertiary/aromatic N) is 5. The quantitative estimate of drug-likeness (QED) is 0.190. The van der Waals surface area contributed by atoms with Crippen molar-refractivity contribution >= 4 is 29.0 Å². The Labute approximate surface area is 232 Å². The predicted molar refractivity (Wildman–Crippen MR) is 165 cm³/mol. The van der Waals surface area contributed by atoms with Gasteiger partial charge in [-0.05, 0) is 67.3 Å². The van der Waals surface area contributed by atoms with Gasteiger partial charge in [0.05, 0.1) is 35.6 Å². The van der Waals surface area contributed by atoms with Gasteiger partial charge in [-0.1, -0.05) is 54.8 Å². The Bertz CT molecular complexity index is 1460. The molecule has 1 atom stereocenters. The largest absolute Gasteiger partial charge is 0.393 e. The summed E-state index contributed by atoms with van der Waals surface area (Å²) >= 11 is 0. The molecule has 0 radical (unpaired) electrons. The standard InChI is InChI=1S/C33H37N5O/c1-24(2)33(35-37(6)31-15-9-7-13-27(31)22-26(4)39)30-14-8-10-16-32(30)36(5)23-28-17-18-29(21-25(28)3)38-20-12-11-19-34-38/h7-11,13-21,26,39H,1,22-23H2,2-6H3/b35-33+. The summed E-state index contributed by atoms with van der Waals surface area (Å²) in [6.45, 7) is 10.9. The summed E-state index contributed by atoms with van der Waals surface area (Å²) in [7, 11) is 4.05. The van der Waals surface area contributed by atoms with Crippen molar-refractivity contribution in [2.45, 2.75) is 39.8 Å². The number of aliphatic hydroxyl groups is 1. The van der Waals surface area contributed by atoms with Crippen molar-refractivity contribution < 1.29 is 5.11 Å². The first-order valence-corrected chi connectivity index (χ1v) is 13.1. The molecular weight excluding hydrogens is 482 g/mol. The summed E-state index contributed by atoms with van der Waals surface area (Å²) in [5.74, 6) is 0. The first-order valence-electron chi connectivity index (χ1n) is 13.1. The number of anilines is 3. The van der Waals surface area contributed by atoms with Gasteiger partial charge >= 0.3 is 0 Å². The Morgan fingerprint density at radius 1 is 1.05 bits per heavy atom. The molecule has 3 aromatic rings. The number of aliphatic hydroxyl groups excluding tert-OH is 1. The van der Waals surface area contributed by atoms with Gasteiger partial charge in [-0.25, -0.2) is 5.01 Å². The van der Waals surface area contributed by atoms with Crippen LogP contribution < -0.4 is 14.9 Å². The van der Waals surface area contributed by atoms with Gasteiger partial charge in [0.2, 0.25) is 0 Å². The molecule has 39 heavy (non-hydrogen) atoms. The highest BCUT2D eigenvalue weighted by Gasteiger charge is 2.17. The van der Waals surface area contributed by atoms with Gasteiger partial charge in [-0.3, -0.25) is 5.01 Å². The zero-order valence-electron chi connectivity index (χ0n) is 23.5. The lowest BCUT2D eigenvalue weighted by atomic mass is 10.0. The number of para-hydroxylation sites is 2. The van der Waals surface area contributed by atoms with Crippen molar-refractivity contribution in [2.24, 2.45) is 10.2 Å². The minimum absolute atomic E-state index is 0.433. The third-order valence-electron chi connectivity index (χ3n) is 6.64. The molecule has 0 spiro atoms. The number of hydrazone groups is 2. The minimum Gasteiger partial charge on any atom is -0.393 e. The van der Waals surface area contributed by atoms with Gasteiger partial charge in [-0.2, -0.15) is 10.2 Å². The molecule has 3 aromatic carbocycles. The second-order valence-corrected chi connectivity index (χ2v) is 9.99. The molecule has 1 aliphatic rings. The van der Waals surface area contributed by atoms with Crippen LogP contribution in [0, 0.1) is 6.92 Å². The molecule has 0 amide bonds. The van der Waals surface area contributed by atoms with E-state index in [4.69, 9.17) is 5.10 Å². The van der Waals surface area contributed by atoms with Crippen LogP contribution in [-0.4, -0.2) is 37.2 Å². The third-order valence-corrected chi connectivity index (χ3v) is 6.64. The van der Waals surface area contributed by atoms with E-state index in [2.05, 4.69) is 72.7 Å². The van der Waals surface area contributed by atoms with Gasteiger partial charge in [0, 0.05) is 44.4 Å². The average molecular weight is 520 g/mol. The summed E-state index contributed by atoms with van der Waals surface area (Å²) in [5.41, 5.74) is 12.3. The summed E-state index contributed by atoms with van der Waals surface area (Å²) in [6.07, 6.45) is 5.48. The molecule has 1 unspecified atom stereocenters. The van der Waals surface area contributed by atoms with E-state index in [1.54, 1.807) is 19.2 Å². The molecule has 1 N–H and O–H groups in total. The number of hydrogen-bond donors (Lipinski definition) is 1. The Morgan fingerprint density at radius 2 is 1.77 bits per heavy atom. The van der Waals surface area contributed by atoms with Gasteiger partial charge in [0.15, 0.2) is 0 Å². The molecule has 4 rings (SSSR count). The molecule has 6 nitrogen and oxygen atoms in total. The zero-order valence-corrected chi connectivity index (χ0v) is 23.5. The van der Waals surface area contributed by atoms with Crippen LogP contribution in [0.4, 0.5) is 17.1 Å². The van der Waals surface area contributed by atoms with Gasteiger partial charge in [-0.15, -0.1) is 0 Å². The van der Waals surface area contributed by atoms with E-state index in [1.165, 1.54) is 11.1 Å². The maximum atomic E-state index is 9.99. The van der Waals surface area contributed by atoms with Crippen LogP contribution in [0.2, 0.25) is 0 Å². The second-order valence-electron chi connectivity index (χ2n) is 9.99. The van der Waals surface area contributed by atoms with Crippen LogP contribution in [0.25, 0.3) is 0 Å². The number of aryl methyl sites for hydroxylation is 1. The maximum Gasteiger partial charge on any atom is 0.0952 e. The topological polar surface area (TPSA) is 54.7 Å². The van der Waals surface area contributed by atoms with Crippen LogP contribution in [0.3, 0.4) is 0 Å². The number of allylic oxidation sites excluding steroid dienone is 2. The van der Waals surface area contributed by atoms with Crippen LogP contribution in [0.5, 0.6) is 0 Å². The summed E-state index contributed by atoms with van der Waals surface area (Å²) < 4.78 is 0. The normalized spacial score (nSPS) is 13.5. The van der Waals surface area contributed by atoms with Gasteiger partial charge in [0.1, 0.15) is 0 Å². The highest BCUT2D eigenvalue weighted by molar-refractivity contribution is 6.15. The van der Waals surface area contributed by atoms with Crippen molar-refractivity contribution in [3.63, 3.8) is 0 Å². The van der Waals surface area contributed by atoms with E-state index < -0.39 is 6.10 Å². The SMILES string of the molecule is C=C(C)/C(=N\N(C)c1ccccc1CC(C)O)c1ccccc1N(C)Cc1ccc(N2C=C=CC=N2)cc1C. The van der Waals surface area contributed by atoms with Crippen LogP contribution in [-0.2, 0) is 13.0 Å². The van der Waals surface area contributed by atoms with Crippen molar-refractivity contribution in [2.75, 3.05) is 29.0 Å². The first-order chi connectivity index (χ1) is 18.7. The van der Waals surface area contributed by atoms with E-state index >= 15 is 0 Å². The molecule has 0 saturated carbocycles. The molecular formula is C33H37N5O. The molecule has 1 heterocycles. The smallest absolute Gasteiger partial charge is 0.0952 e. The summed E-state index contributed by atoms with van der Waals surface area (Å²) in [6, 6.07) is 22.8. The van der Waals surface area contributed by atoms with Gasteiger partial charge in [0.25, 0.3) is 0 Å². The molecule has 0 bridgehead atoms. The summed E-state index contributed by atoms with van der Waals surface area (Å²) in [4.78, 5) is 2.25. The fraction of sp³-hybridized carbons (Fsp3) is 0.242. The fourth-order valence-corrected chi connectivity index (χ4v) is 4.67. The molecule has 0 aromatic heterocycles. The second kappa shape index (κ2) is 12.4. The fourth-order valence-electron chi connectivity index (χ4n) is 4.67. The van der Waals surface area contributed by atoms with Crippen molar-refractivity contribution in [3.05, 3.63) is 119 Å². The first kappa shape index (κ1) is 27.6. The third kappa shape index (κ3) is 6.74. The van der Waals surface area contributed by atoms with Crippen molar-refractivity contribution in [3.8, 4) is 0 Å². The Hall–Kier alpha value is -4.38. The van der Waals surface area contributed by atoms with Crippen LogP contribution in [0.1, 0.15) is 36.1 Å². The number of rotatable bonds is 10. The monoisotopic (exact) mass is 519 g/mol. The average Bonchev–Trinajstić information content (AvgIpc) is 2.93. The molecule has 200 valence electrons. The number of hydrogen-bond acceptors (Lipinski definition) is 6. The van der Waals surface area contributed by atoms with Crippen LogP contribution in [0.15, 0.2) is 107 Å². The van der Waals surface area contributed by atoms with E-state index in [0.717, 1.165) is 46.0 Å². The maximum absolute atomic E-state index is 9.99. The van der Waals surface area contributed by atoms with E-state index in [-0.39, 0.29) is 0 Å². The highest BCUT2D eigenvalue weighted by atomic mass is 16.3. The van der Waals surface area contributed by atoms with E-state index in [0.29, 0.717) is 6.42 Å². The lowest BCUT2D eigenvalue weighted by Gasteiger charge is -2.26. The lowest BCUT2D eigenvalue weighted by Crippen LogP contribution is -2.22. The molecule has 0 saturated heterocycles. The van der Waals surface area contributed by atoms with Gasteiger partial charge < -0.3 is 10.0 Å². The Kier molecular flexibility index (Phi) is 8.82. The van der Waals surface area contributed by atoms with Crippen LogP contribution >= 0.6 is 0 Å². The lowest BCUT2D eigenvalue weighted by molar-refractivity contribution is 0.195. The van der Waals surface area contributed by atoms with E-state index in [1.807, 2.05) is 60.5 Å². The molecule has 6 heteroatoms. The van der Waals surface area contributed by atoms with Crippen molar-refractivity contribution in [1.29, 1.82) is 0 Å². The predicted octanol–water partition coefficient (Wildman–Crippen LogP) is 6.45. The molecule has 1 aliphatic heterocycles. The Balaban J connectivity index is 1.63. The highest BCUT2D eigenvalue weighted by Crippen LogP contribution is 2.28. The minimum atomic E-state index is -0.433.